The van der Waals surface area contributed by atoms with E-state index >= 15 is 0 Å². The smallest absolute Gasteiger partial charge is 0.193 e. The Morgan fingerprint density at radius 2 is 2.09 bits per heavy atom. The fourth-order valence-corrected chi connectivity index (χ4v) is 2.31. The predicted molar refractivity (Wildman–Crippen MR) is 99.9 cm³/mol. The van der Waals surface area contributed by atoms with Crippen LogP contribution in [0, 0.1) is 0 Å². The highest BCUT2D eigenvalue weighted by molar-refractivity contribution is 14.0. The molecular weight excluding hydrogens is 393 g/mol. The SMILES string of the molecule is COC1(CNC(=NCc2ccccc2)N(C)C)CCOC1.I. The molecule has 0 bridgehead atoms. The quantitative estimate of drug-likeness (QED) is 0.451. The highest BCUT2D eigenvalue weighted by atomic mass is 127. The first kappa shape index (κ1) is 19.2. The first-order valence-corrected chi connectivity index (χ1v) is 7.28. The first-order chi connectivity index (χ1) is 10.2. The molecule has 0 radical (unpaired) electrons. The van der Waals surface area contributed by atoms with Crippen LogP contribution < -0.4 is 5.32 Å². The van der Waals surface area contributed by atoms with Crippen molar-refractivity contribution in [3.63, 3.8) is 0 Å². The number of halogens is 1. The van der Waals surface area contributed by atoms with Gasteiger partial charge in [-0.3, -0.25) is 0 Å². The van der Waals surface area contributed by atoms with Crippen molar-refractivity contribution in [2.75, 3.05) is 41.0 Å². The molecule has 1 aliphatic rings. The molecule has 0 aliphatic carbocycles. The number of methoxy groups -OCH3 is 1. The zero-order chi connectivity index (χ0) is 15.1. The van der Waals surface area contributed by atoms with Gasteiger partial charge in [0.1, 0.15) is 5.60 Å². The van der Waals surface area contributed by atoms with Crippen LogP contribution in [0.1, 0.15) is 12.0 Å². The fraction of sp³-hybridized carbons (Fsp3) is 0.562. The maximum absolute atomic E-state index is 5.63. The second-order valence-electron chi connectivity index (χ2n) is 5.56. The average molecular weight is 419 g/mol. The van der Waals surface area contributed by atoms with E-state index in [2.05, 4.69) is 22.4 Å². The lowest BCUT2D eigenvalue weighted by Crippen LogP contribution is -2.48. The van der Waals surface area contributed by atoms with E-state index in [1.54, 1.807) is 7.11 Å². The molecule has 1 fully saturated rings. The second-order valence-corrected chi connectivity index (χ2v) is 5.56. The molecule has 1 N–H and O–H groups in total. The lowest BCUT2D eigenvalue weighted by atomic mass is 10.0. The third kappa shape index (κ3) is 5.40. The van der Waals surface area contributed by atoms with Gasteiger partial charge in [0.15, 0.2) is 5.96 Å². The largest absolute Gasteiger partial charge is 0.378 e. The standard InChI is InChI=1S/C16H25N3O2.HI/c1-19(2)15(17-11-14-7-5-4-6-8-14)18-12-16(20-3)9-10-21-13-16;/h4-8H,9-13H2,1-3H3,(H,17,18);1H. The number of aliphatic imine (C=N–C) groups is 1. The lowest BCUT2D eigenvalue weighted by molar-refractivity contribution is -0.0130. The number of guanidine groups is 1. The number of hydrogen-bond acceptors (Lipinski definition) is 3. The van der Waals surface area contributed by atoms with E-state index in [0.29, 0.717) is 19.7 Å². The first-order valence-electron chi connectivity index (χ1n) is 7.28. The maximum Gasteiger partial charge on any atom is 0.193 e. The summed E-state index contributed by atoms with van der Waals surface area (Å²) in [6.45, 7) is 2.76. The lowest BCUT2D eigenvalue weighted by Gasteiger charge is -2.28. The van der Waals surface area contributed by atoms with Crippen molar-refractivity contribution in [1.29, 1.82) is 0 Å². The summed E-state index contributed by atoms with van der Waals surface area (Å²) in [5.74, 6) is 0.863. The Labute approximate surface area is 150 Å². The molecular formula is C16H26IN3O2. The molecule has 1 saturated heterocycles. The Balaban J connectivity index is 0.00000242. The molecule has 1 heterocycles. The number of nitrogens with one attached hydrogen (secondary N) is 1. The minimum absolute atomic E-state index is 0. The molecule has 0 saturated carbocycles. The number of nitrogens with zero attached hydrogens (tertiary/aromatic N) is 2. The molecule has 22 heavy (non-hydrogen) atoms. The van der Waals surface area contributed by atoms with Gasteiger partial charge in [-0.25, -0.2) is 4.99 Å². The van der Waals surface area contributed by atoms with Gasteiger partial charge < -0.3 is 19.7 Å². The topological polar surface area (TPSA) is 46.1 Å². The third-order valence-electron chi connectivity index (χ3n) is 3.75. The van der Waals surface area contributed by atoms with Crippen LogP contribution in [-0.2, 0) is 16.0 Å². The molecule has 2 rings (SSSR count). The highest BCUT2D eigenvalue weighted by Crippen LogP contribution is 2.21. The van der Waals surface area contributed by atoms with Gasteiger partial charge in [-0.2, -0.15) is 0 Å². The molecule has 124 valence electrons. The molecule has 1 aromatic carbocycles. The van der Waals surface area contributed by atoms with Crippen LogP contribution >= 0.6 is 24.0 Å². The fourth-order valence-electron chi connectivity index (χ4n) is 2.31. The van der Waals surface area contributed by atoms with E-state index in [1.165, 1.54) is 5.56 Å². The third-order valence-corrected chi connectivity index (χ3v) is 3.75. The highest BCUT2D eigenvalue weighted by Gasteiger charge is 2.35. The molecule has 6 heteroatoms. The van der Waals surface area contributed by atoms with E-state index in [4.69, 9.17) is 9.47 Å². The van der Waals surface area contributed by atoms with Crippen molar-refractivity contribution < 1.29 is 9.47 Å². The zero-order valence-electron chi connectivity index (χ0n) is 13.5. The van der Waals surface area contributed by atoms with Gasteiger partial charge >= 0.3 is 0 Å². The number of hydrogen-bond donors (Lipinski definition) is 1. The van der Waals surface area contributed by atoms with E-state index in [9.17, 15) is 0 Å². The summed E-state index contributed by atoms with van der Waals surface area (Å²) in [5, 5.41) is 3.39. The van der Waals surface area contributed by atoms with Gasteiger partial charge in [-0.05, 0) is 5.56 Å². The summed E-state index contributed by atoms with van der Waals surface area (Å²) < 4.78 is 11.1. The van der Waals surface area contributed by atoms with Crippen molar-refractivity contribution in [2.24, 2.45) is 4.99 Å². The van der Waals surface area contributed by atoms with Gasteiger partial charge in [-0.1, -0.05) is 30.3 Å². The molecule has 0 spiro atoms. The van der Waals surface area contributed by atoms with Crippen LogP contribution in [0.15, 0.2) is 35.3 Å². The van der Waals surface area contributed by atoms with Crippen molar-refractivity contribution in [2.45, 2.75) is 18.6 Å². The van der Waals surface area contributed by atoms with Gasteiger partial charge in [-0.15, -0.1) is 24.0 Å². The van der Waals surface area contributed by atoms with Crippen molar-refractivity contribution in [1.82, 2.24) is 10.2 Å². The van der Waals surface area contributed by atoms with E-state index in [1.807, 2.05) is 37.2 Å². The van der Waals surface area contributed by atoms with E-state index in [-0.39, 0.29) is 29.6 Å². The molecule has 0 amide bonds. The van der Waals surface area contributed by atoms with Crippen LogP contribution in [0.3, 0.4) is 0 Å². The number of benzene rings is 1. The van der Waals surface area contributed by atoms with Crippen molar-refractivity contribution in [3.05, 3.63) is 35.9 Å². The summed E-state index contributed by atoms with van der Waals surface area (Å²) in [4.78, 5) is 6.64. The van der Waals surface area contributed by atoms with Crippen LogP contribution in [0.4, 0.5) is 0 Å². The Bertz CT molecular complexity index is 460. The second kappa shape index (κ2) is 9.32. The Morgan fingerprint density at radius 1 is 1.36 bits per heavy atom. The average Bonchev–Trinajstić information content (AvgIpc) is 2.97. The summed E-state index contributed by atoms with van der Waals surface area (Å²) in [6, 6.07) is 10.2. The molecule has 5 nitrogen and oxygen atoms in total. The monoisotopic (exact) mass is 419 g/mol. The molecule has 1 atom stereocenters. The van der Waals surface area contributed by atoms with Crippen LogP contribution in [0.5, 0.6) is 0 Å². The maximum atomic E-state index is 5.63. The van der Waals surface area contributed by atoms with Crippen molar-refractivity contribution >= 4 is 29.9 Å². The van der Waals surface area contributed by atoms with Gasteiger partial charge in [0.25, 0.3) is 0 Å². The molecule has 0 aromatic heterocycles. The van der Waals surface area contributed by atoms with Gasteiger partial charge in [0.05, 0.1) is 13.2 Å². The number of ether oxygens (including phenoxy) is 2. The van der Waals surface area contributed by atoms with Crippen LogP contribution in [0.25, 0.3) is 0 Å². The molecule has 1 aliphatic heterocycles. The van der Waals surface area contributed by atoms with E-state index < -0.39 is 0 Å². The van der Waals surface area contributed by atoms with Crippen LogP contribution in [-0.4, -0.2) is 57.4 Å². The Kier molecular flexibility index (Phi) is 8.13. The minimum atomic E-state index is -0.233. The van der Waals surface area contributed by atoms with Gasteiger partial charge in [0.2, 0.25) is 0 Å². The summed E-state index contributed by atoms with van der Waals surface area (Å²) in [6.07, 6.45) is 0.913. The zero-order valence-corrected chi connectivity index (χ0v) is 15.9. The number of rotatable bonds is 5. The minimum Gasteiger partial charge on any atom is -0.378 e. The predicted octanol–water partition coefficient (Wildman–Crippen LogP) is 2.12. The van der Waals surface area contributed by atoms with Crippen molar-refractivity contribution in [3.8, 4) is 0 Å². The molecule has 1 aromatic rings. The normalized spacial score (nSPS) is 21.3. The van der Waals surface area contributed by atoms with Gasteiger partial charge in [0, 0.05) is 40.8 Å². The molecule has 1 unspecified atom stereocenters. The summed E-state index contributed by atoms with van der Waals surface area (Å²) in [5.41, 5.74) is 0.966. The Hall–Kier alpha value is -0.860. The summed E-state index contributed by atoms with van der Waals surface area (Å²) in [7, 11) is 5.72. The summed E-state index contributed by atoms with van der Waals surface area (Å²) >= 11 is 0. The van der Waals surface area contributed by atoms with E-state index in [0.717, 1.165) is 19.0 Å². The van der Waals surface area contributed by atoms with Crippen LogP contribution in [0.2, 0.25) is 0 Å². The Morgan fingerprint density at radius 3 is 2.64 bits per heavy atom.